The van der Waals surface area contributed by atoms with Gasteiger partial charge in [-0.2, -0.15) is 0 Å². The summed E-state index contributed by atoms with van der Waals surface area (Å²) in [6, 6.07) is 16.7. The lowest BCUT2D eigenvalue weighted by Crippen LogP contribution is -2.75. The minimum atomic E-state index is -3.38. The smallest absolute Gasteiger partial charge is 0.367 e. The third kappa shape index (κ3) is 18.6. The molecule has 0 saturated carbocycles. The number of carbonyl (C=O) groups is 6. The molecule has 82 heavy (non-hydrogen) atoms. The van der Waals surface area contributed by atoms with Crippen LogP contribution in [0.3, 0.4) is 0 Å². The number of aliphatic hydroxyl groups is 2. The van der Waals surface area contributed by atoms with E-state index in [-0.39, 0.29) is 6.61 Å². The minimum absolute atomic E-state index is 0.298. The molecule has 0 aliphatic carbocycles. The number of hydrogen-bond acceptors (Lipinski definition) is 19. The van der Waals surface area contributed by atoms with Crippen molar-refractivity contribution in [1.29, 1.82) is 0 Å². The molecule has 3 fully saturated rings. The molecule has 3 aliphatic heterocycles. The van der Waals surface area contributed by atoms with E-state index in [4.69, 9.17) is 47.1 Å². The summed E-state index contributed by atoms with van der Waals surface area (Å²) in [4.78, 5) is 81.5. The molecule has 0 aromatic heterocycles. The highest BCUT2D eigenvalue weighted by Crippen LogP contribution is 2.45. The molecule has 1 amide bonds. The Hall–Kier alpha value is -5.75. The Morgan fingerprint density at radius 1 is 0.817 bits per heavy atom. The maximum Gasteiger partial charge on any atom is 0.367 e. The van der Waals surface area contributed by atoms with Crippen LogP contribution in [0.1, 0.15) is 146 Å². The number of ether oxygens (including phenoxy) is 9. The minimum Gasteiger partial charge on any atom is -0.462 e. The van der Waals surface area contributed by atoms with Crippen molar-refractivity contribution < 1.29 is 86.0 Å². The number of aliphatic hydroxyl groups excluding tert-OH is 2. The van der Waals surface area contributed by atoms with Crippen LogP contribution in [0.25, 0.3) is 10.4 Å². The van der Waals surface area contributed by atoms with Gasteiger partial charge in [0.2, 0.25) is 5.91 Å². The third-order valence-corrected chi connectivity index (χ3v) is 19.7. The van der Waals surface area contributed by atoms with Gasteiger partial charge >= 0.3 is 29.8 Å². The fourth-order valence-electron chi connectivity index (χ4n) is 11.0. The fraction of sp³-hybridized carbons (Fsp3) is 0.661. The zero-order chi connectivity index (χ0) is 60.0. The van der Waals surface area contributed by atoms with Crippen molar-refractivity contribution in [3.8, 4) is 0 Å². The number of unbranched alkanes of at least 4 members (excludes halogenated alkanes) is 11. The van der Waals surface area contributed by atoms with E-state index in [1.54, 1.807) is 0 Å². The Bertz CT molecular complexity index is 2420. The van der Waals surface area contributed by atoms with Gasteiger partial charge in [-0.05, 0) is 33.8 Å². The van der Waals surface area contributed by atoms with Crippen molar-refractivity contribution >= 4 is 54.4 Å². The second-order valence-electron chi connectivity index (χ2n) is 22.2. The van der Waals surface area contributed by atoms with E-state index in [2.05, 4.69) is 43.0 Å². The lowest BCUT2D eigenvalue weighted by molar-refractivity contribution is -0.394. The molecule has 2 aromatic rings. The van der Waals surface area contributed by atoms with Crippen LogP contribution in [0, 0.1) is 0 Å². The lowest BCUT2D eigenvalue weighted by Gasteiger charge is -2.55. The van der Waals surface area contributed by atoms with E-state index >= 15 is 4.79 Å². The number of fused-ring (bicyclic) bond motifs is 1. The highest BCUT2D eigenvalue weighted by atomic mass is 28.4. The number of allylic oxidation sites excluding steroid dienone is 1. The molecule has 0 unspecified atom stereocenters. The maximum absolute atomic E-state index is 15.0. The Kier molecular flexibility index (Phi) is 26.4. The molecule has 5 rings (SSSR count). The van der Waals surface area contributed by atoms with E-state index < -0.39 is 148 Å². The molecule has 0 bridgehead atoms. The Morgan fingerprint density at radius 2 is 1.40 bits per heavy atom. The summed E-state index contributed by atoms with van der Waals surface area (Å²) < 4.78 is 61.8. The Balaban J connectivity index is 1.52. The van der Waals surface area contributed by atoms with Crippen LogP contribution in [-0.2, 0) is 75.8 Å². The highest BCUT2D eigenvalue weighted by molar-refractivity contribution is 6.99. The molecule has 1 spiro atoms. The van der Waals surface area contributed by atoms with E-state index in [1.807, 2.05) is 66.7 Å². The maximum atomic E-state index is 15.0. The number of amides is 1. The average Bonchev–Trinajstić information content (AvgIpc) is 1.23. The average molecular weight is 1170 g/mol. The monoisotopic (exact) mass is 1170 g/mol. The largest absolute Gasteiger partial charge is 0.462 e. The first-order chi connectivity index (χ1) is 39.1. The molecule has 0 radical (unpaired) electrons. The summed E-state index contributed by atoms with van der Waals surface area (Å²) in [6.45, 7) is 12.2. The van der Waals surface area contributed by atoms with Crippen LogP contribution < -0.4 is 15.7 Å². The van der Waals surface area contributed by atoms with Gasteiger partial charge in [0.15, 0.2) is 24.6 Å². The summed E-state index contributed by atoms with van der Waals surface area (Å²) in [6.07, 6.45) is 0.212. The zero-order valence-corrected chi connectivity index (χ0v) is 49.9. The molecule has 3 aliphatic rings. The number of rotatable bonds is 31. The van der Waals surface area contributed by atoms with Crippen molar-refractivity contribution in [2.75, 3.05) is 19.8 Å². The van der Waals surface area contributed by atoms with Crippen LogP contribution in [0.15, 0.2) is 77.9 Å². The number of nitrogens with zero attached hydrogens (tertiary/aromatic N) is 3. The van der Waals surface area contributed by atoms with Crippen molar-refractivity contribution in [3.05, 3.63) is 83.3 Å². The summed E-state index contributed by atoms with van der Waals surface area (Å²) in [5, 5.41) is 31.5. The second-order valence-corrected chi connectivity index (χ2v) is 26.6. The van der Waals surface area contributed by atoms with Gasteiger partial charge in [0.05, 0.1) is 37.8 Å². The third-order valence-electron chi connectivity index (χ3n) is 14.7. The van der Waals surface area contributed by atoms with Crippen LogP contribution in [-0.4, -0.2) is 153 Å². The molecule has 2 aromatic carbocycles. The molecule has 3 N–H and O–H groups in total. The number of carbonyl (C=O) groups excluding carboxylic acids is 6. The van der Waals surface area contributed by atoms with Crippen LogP contribution in [0.2, 0.25) is 5.04 Å². The predicted molar refractivity (Wildman–Crippen MR) is 301 cm³/mol. The summed E-state index contributed by atoms with van der Waals surface area (Å²) >= 11 is 0. The second kappa shape index (κ2) is 32.3. The first-order valence-corrected chi connectivity index (χ1v) is 30.6. The van der Waals surface area contributed by atoms with Gasteiger partial charge in [0.1, 0.15) is 37.1 Å². The zero-order valence-electron chi connectivity index (χ0n) is 48.9. The summed E-state index contributed by atoms with van der Waals surface area (Å²) in [5.41, 5.74) is 9.67. The fourth-order valence-corrected chi connectivity index (χ4v) is 15.5. The molecule has 23 heteroatoms. The predicted octanol–water partition coefficient (Wildman–Crippen LogP) is 6.62. The number of azide groups is 1. The Labute approximate surface area is 482 Å². The van der Waals surface area contributed by atoms with Gasteiger partial charge in [-0.15, -0.1) is 0 Å². The van der Waals surface area contributed by atoms with Gasteiger partial charge in [0.25, 0.3) is 14.1 Å². The van der Waals surface area contributed by atoms with Gasteiger partial charge < -0.3 is 62.6 Å². The van der Waals surface area contributed by atoms with Gasteiger partial charge in [-0.3, -0.25) is 24.0 Å². The van der Waals surface area contributed by atoms with Crippen molar-refractivity contribution in [2.24, 2.45) is 5.11 Å². The molecule has 3 saturated heterocycles. The molecule has 22 nitrogen and oxygen atoms in total. The van der Waals surface area contributed by atoms with Crippen LogP contribution in [0.5, 0.6) is 0 Å². The number of benzene rings is 2. The molecule has 13 atom stereocenters. The molecule has 454 valence electrons. The van der Waals surface area contributed by atoms with E-state index in [0.717, 1.165) is 64.3 Å². The SMILES string of the molecule is CCCCCCCCCCCCC/C=C/[C@@H](O)[C@H](CO[C@@H]1O[C@H](CO[Si](c2ccccc2)(c2ccccc2)C(C)(C)C)[C@@H]2OC(=O)[C@]3(C[C@H](OC(C)=O)[C@@H](NC(C)=O)[C@H]([C@H](OC(C)=O)[C@@H](COC(C)=O)OC(C)=O)O3)O[C@@H]2[C@H]1O)N=[N+]=[N-]. The number of esters is 5. The number of hydrogen-bond donors (Lipinski definition) is 3. The Morgan fingerprint density at radius 3 is 1.93 bits per heavy atom. The first-order valence-electron chi connectivity index (χ1n) is 28.6. The van der Waals surface area contributed by atoms with Crippen molar-refractivity contribution in [2.45, 2.75) is 230 Å². The van der Waals surface area contributed by atoms with Crippen LogP contribution in [0.4, 0.5) is 0 Å². The van der Waals surface area contributed by atoms with Gasteiger partial charge in [-0.1, -0.05) is 170 Å². The quantitative estimate of drug-likeness (QED) is 0.0104. The van der Waals surface area contributed by atoms with Crippen molar-refractivity contribution in [1.82, 2.24) is 5.32 Å². The highest BCUT2D eigenvalue weighted by Gasteiger charge is 2.66. The van der Waals surface area contributed by atoms with Gasteiger partial charge in [-0.25, -0.2) is 4.79 Å². The van der Waals surface area contributed by atoms with Crippen LogP contribution >= 0.6 is 0 Å². The topological polar surface area (TPSA) is 296 Å². The standard InChI is InChI=1S/C59H86N4O18Si/c1-10-11-12-13-14-15-16-17-18-19-20-21-28-33-46(69)45(62-63-60)35-73-56-51(70)55-53(49(78-56)37-74-82(58(7,8)9,43-29-24-22-25-30-43)44-31-26-23-27-32-44)79-57(71)59(81-55)34-47(75-40(4)66)50(61-38(2)64)54(80-59)52(77-42(6)68)48(76-41(5)67)36-72-39(3)65/h22-33,45-56,69-70H,10-21,34-37H2,1-9H3,(H,61,64)/b33-28+/t45-,46+,47-,48+,49+,50+,51+,52+,53-,54+,55+,56+,59-/m0/s1. The van der Waals surface area contributed by atoms with Gasteiger partial charge in [0, 0.05) is 39.5 Å². The molecular formula is C59H86N4O18Si. The normalized spacial score (nSPS) is 25.1. The van der Waals surface area contributed by atoms with E-state index in [1.165, 1.54) is 57.4 Å². The molecular weight excluding hydrogens is 1080 g/mol. The van der Waals surface area contributed by atoms with E-state index in [0.29, 0.717) is 6.42 Å². The molecule has 3 heterocycles. The first kappa shape index (κ1) is 67.0. The lowest BCUT2D eigenvalue weighted by atomic mass is 9.86. The van der Waals surface area contributed by atoms with E-state index in [9.17, 15) is 39.7 Å². The van der Waals surface area contributed by atoms with Crippen molar-refractivity contribution in [3.63, 3.8) is 0 Å². The summed E-state index contributed by atoms with van der Waals surface area (Å²) in [7, 11) is -3.38. The summed E-state index contributed by atoms with van der Waals surface area (Å²) in [5.74, 6) is -8.21. The number of nitrogens with one attached hydrogen (secondary N) is 1.